The molecule has 0 fully saturated rings. The molecular formula is C28H30FNO5S. The number of thiophene rings is 1. The van der Waals surface area contributed by atoms with Crippen LogP contribution >= 0.6 is 11.3 Å². The van der Waals surface area contributed by atoms with Crippen LogP contribution in [-0.4, -0.2) is 30.9 Å². The number of carbonyl (C=O) groups is 3. The summed E-state index contributed by atoms with van der Waals surface area (Å²) in [6.07, 6.45) is 1.69. The second-order valence-electron chi connectivity index (χ2n) is 8.79. The molecule has 2 heterocycles. The number of carbonyl (C=O) groups excluding carboxylic acids is 3. The van der Waals surface area contributed by atoms with Gasteiger partial charge in [-0.05, 0) is 55.8 Å². The van der Waals surface area contributed by atoms with Gasteiger partial charge in [0.15, 0.2) is 5.78 Å². The van der Waals surface area contributed by atoms with Crippen molar-refractivity contribution in [2.24, 2.45) is 5.92 Å². The zero-order chi connectivity index (χ0) is 25.8. The van der Waals surface area contributed by atoms with Crippen LogP contribution in [0.3, 0.4) is 0 Å². The zero-order valence-corrected chi connectivity index (χ0v) is 21.5. The highest BCUT2D eigenvalue weighted by Crippen LogP contribution is 2.49. The molecule has 0 unspecified atom stereocenters. The van der Waals surface area contributed by atoms with Gasteiger partial charge >= 0.3 is 11.9 Å². The predicted molar refractivity (Wildman–Crippen MR) is 135 cm³/mol. The molecule has 4 rings (SSSR count). The second-order valence-corrected chi connectivity index (χ2v) is 9.77. The minimum atomic E-state index is -1.06. The topological polar surface area (TPSA) is 81.7 Å². The van der Waals surface area contributed by atoms with Crippen LogP contribution in [0.15, 0.2) is 64.3 Å². The van der Waals surface area contributed by atoms with Crippen molar-refractivity contribution in [3.05, 3.63) is 80.6 Å². The zero-order valence-electron chi connectivity index (χ0n) is 20.6. The normalized spacial score (nSPS) is 21.7. The molecular weight excluding hydrogens is 481 g/mol. The molecule has 0 saturated carbocycles. The van der Waals surface area contributed by atoms with Crippen LogP contribution in [0.2, 0.25) is 0 Å². The van der Waals surface area contributed by atoms with Gasteiger partial charge in [-0.3, -0.25) is 9.59 Å². The molecule has 0 bridgehead atoms. The van der Waals surface area contributed by atoms with E-state index in [1.807, 2.05) is 24.4 Å². The number of nitrogens with one attached hydrogen (secondary N) is 1. The van der Waals surface area contributed by atoms with E-state index in [1.165, 1.54) is 23.5 Å². The lowest BCUT2D eigenvalue weighted by atomic mass is 9.68. The molecule has 36 heavy (non-hydrogen) atoms. The van der Waals surface area contributed by atoms with E-state index in [1.54, 1.807) is 26.0 Å². The first-order valence-corrected chi connectivity index (χ1v) is 13.2. The van der Waals surface area contributed by atoms with Crippen molar-refractivity contribution in [2.45, 2.75) is 51.9 Å². The molecule has 0 radical (unpaired) electrons. The van der Waals surface area contributed by atoms with Crippen molar-refractivity contribution >= 4 is 29.1 Å². The maximum atomic E-state index is 14.4. The van der Waals surface area contributed by atoms with Crippen molar-refractivity contribution in [3.63, 3.8) is 0 Å². The fourth-order valence-corrected chi connectivity index (χ4v) is 6.00. The molecule has 6 nitrogen and oxygen atoms in total. The van der Waals surface area contributed by atoms with E-state index >= 15 is 0 Å². The summed E-state index contributed by atoms with van der Waals surface area (Å²) in [5, 5.41) is 5.28. The second kappa shape index (κ2) is 11.2. The van der Waals surface area contributed by atoms with Gasteiger partial charge in [0.2, 0.25) is 0 Å². The summed E-state index contributed by atoms with van der Waals surface area (Å²) in [5.41, 5.74) is 2.37. The average Bonchev–Trinajstić information content (AvgIpc) is 3.38. The van der Waals surface area contributed by atoms with Gasteiger partial charge in [0, 0.05) is 33.7 Å². The summed E-state index contributed by atoms with van der Waals surface area (Å²) >= 11 is 1.49. The van der Waals surface area contributed by atoms with E-state index in [0.29, 0.717) is 35.4 Å². The number of esters is 2. The Morgan fingerprint density at radius 1 is 1.11 bits per heavy atom. The van der Waals surface area contributed by atoms with Gasteiger partial charge in [0.25, 0.3) is 0 Å². The molecule has 190 valence electrons. The lowest BCUT2D eigenvalue weighted by Crippen LogP contribution is -2.43. The van der Waals surface area contributed by atoms with E-state index in [9.17, 15) is 18.8 Å². The summed E-state index contributed by atoms with van der Waals surface area (Å²) in [7, 11) is 0. The first-order chi connectivity index (χ1) is 17.4. The average molecular weight is 512 g/mol. The van der Waals surface area contributed by atoms with E-state index in [0.717, 1.165) is 11.3 Å². The van der Waals surface area contributed by atoms with Crippen LogP contribution in [0.25, 0.3) is 0 Å². The number of Topliss-reactive ketones (excluding diaryl/α,β-unsaturated/α-hetero) is 1. The smallest absolute Gasteiger partial charge is 0.336 e. The van der Waals surface area contributed by atoms with E-state index in [4.69, 9.17) is 9.47 Å². The minimum Gasteiger partial charge on any atom is -0.465 e. The molecule has 1 aromatic heterocycles. The van der Waals surface area contributed by atoms with E-state index in [2.05, 4.69) is 5.32 Å². The van der Waals surface area contributed by atoms with Crippen molar-refractivity contribution in [2.75, 3.05) is 13.2 Å². The van der Waals surface area contributed by atoms with Crippen molar-refractivity contribution in [1.29, 1.82) is 0 Å². The predicted octanol–water partition coefficient (Wildman–Crippen LogP) is 5.38. The van der Waals surface area contributed by atoms with Gasteiger partial charge in [-0.1, -0.05) is 31.5 Å². The molecule has 1 aromatic carbocycles. The Labute approximate surface area is 214 Å². The summed E-state index contributed by atoms with van der Waals surface area (Å²) in [6.45, 7) is 5.71. The fraction of sp³-hybridized carbons (Fsp3) is 0.393. The molecule has 3 atom stereocenters. The van der Waals surface area contributed by atoms with Crippen LogP contribution < -0.4 is 5.32 Å². The fourth-order valence-electron chi connectivity index (χ4n) is 5.14. The SMILES string of the molecule is CCCC1=C(C(=O)OCC)[C@@H](c2cccc(F)c2)C2=C(C[C@@H](c3cccs3)[C@@H](C(=O)OCC)C2=O)N1. The summed E-state index contributed by atoms with van der Waals surface area (Å²) in [4.78, 5) is 41.5. The number of hydrogen-bond donors (Lipinski definition) is 1. The lowest BCUT2D eigenvalue weighted by molar-refractivity contribution is -0.152. The summed E-state index contributed by atoms with van der Waals surface area (Å²) in [5.74, 6) is -4.35. The monoisotopic (exact) mass is 511 g/mol. The highest BCUT2D eigenvalue weighted by atomic mass is 32.1. The number of hydrogen-bond acceptors (Lipinski definition) is 7. The van der Waals surface area contributed by atoms with Crippen LogP contribution in [-0.2, 0) is 23.9 Å². The van der Waals surface area contributed by atoms with Gasteiger partial charge in [0.05, 0.1) is 18.8 Å². The Kier molecular flexibility index (Phi) is 8.04. The highest BCUT2D eigenvalue weighted by molar-refractivity contribution is 7.10. The van der Waals surface area contributed by atoms with Gasteiger partial charge < -0.3 is 14.8 Å². The number of dihydropyridines is 1. The van der Waals surface area contributed by atoms with Gasteiger partial charge in [-0.2, -0.15) is 0 Å². The van der Waals surface area contributed by atoms with Crippen LogP contribution in [0.4, 0.5) is 4.39 Å². The van der Waals surface area contributed by atoms with Gasteiger partial charge in [0.1, 0.15) is 11.7 Å². The molecule has 1 N–H and O–H groups in total. The van der Waals surface area contributed by atoms with E-state index < -0.39 is 41.3 Å². The third-order valence-electron chi connectivity index (χ3n) is 6.53. The first kappa shape index (κ1) is 25.8. The molecule has 2 aliphatic rings. The van der Waals surface area contributed by atoms with Crippen LogP contribution in [0.1, 0.15) is 62.3 Å². The van der Waals surface area contributed by atoms with Gasteiger partial charge in [-0.25, -0.2) is 9.18 Å². The van der Waals surface area contributed by atoms with Crippen molar-refractivity contribution in [1.82, 2.24) is 5.32 Å². The molecule has 1 aliphatic heterocycles. The third-order valence-corrected chi connectivity index (χ3v) is 7.53. The van der Waals surface area contributed by atoms with E-state index in [-0.39, 0.29) is 18.8 Å². The number of ketones is 1. The number of halogens is 1. The van der Waals surface area contributed by atoms with Crippen molar-refractivity contribution < 1.29 is 28.2 Å². The third kappa shape index (κ3) is 4.87. The number of allylic oxidation sites excluding steroid dienone is 3. The summed E-state index contributed by atoms with van der Waals surface area (Å²) in [6, 6.07) is 9.71. The molecule has 2 aromatic rings. The lowest BCUT2D eigenvalue weighted by Gasteiger charge is -2.39. The number of rotatable bonds is 8. The molecule has 0 spiro atoms. The highest BCUT2D eigenvalue weighted by Gasteiger charge is 2.49. The molecule has 8 heteroatoms. The summed E-state index contributed by atoms with van der Waals surface area (Å²) < 4.78 is 25.1. The van der Waals surface area contributed by atoms with Gasteiger partial charge in [-0.15, -0.1) is 11.3 Å². The van der Waals surface area contributed by atoms with Crippen LogP contribution in [0.5, 0.6) is 0 Å². The molecule has 0 saturated heterocycles. The van der Waals surface area contributed by atoms with Crippen molar-refractivity contribution in [3.8, 4) is 0 Å². The maximum absolute atomic E-state index is 14.4. The largest absolute Gasteiger partial charge is 0.465 e. The minimum absolute atomic E-state index is 0.145. The molecule has 0 amide bonds. The van der Waals surface area contributed by atoms with Crippen LogP contribution in [0, 0.1) is 11.7 Å². The first-order valence-electron chi connectivity index (χ1n) is 12.3. The standard InChI is InChI=1S/C28H30FNO5S/c1-4-9-19-25(28(33)35-6-3)22(16-10-7-11-17(29)14-16)24-20(30-19)15-18(21-12-8-13-36-21)23(26(24)31)27(32)34-5-2/h7-8,10-14,18,22-23,30H,4-6,9,15H2,1-3H3/t18-,22-,23+/m0/s1. The Hall–Kier alpha value is -3.26. The number of ether oxygens (including phenoxy) is 2. The Morgan fingerprint density at radius 2 is 1.89 bits per heavy atom. The Morgan fingerprint density at radius 3 is 2.53 bits per heavy atom. The Balaban J connectivity index is 1.93. The quantitative estimate of drug-likeness (QED) is 0.379. The molecule has 1 aliphatic carbocycles. The number of benzene rings is 1. The maximum Gasteiger partial charge on any atom is 0.336 e. The Bertz CT molecular complexity index is 1220.